The fourth-order valence-corrected chi connectivity index (χ4v) is 14.0. The van der Waals surface area contributed by atoms with Gasteiger partial charge in [0.1, 0.15) is 21.5 Å². The number of nitrogen functional groups attached to an aromatic ring is 1. The molecule has 0 fully saturated rings. The number of halogens is 1. The van der Waals surface area contributed by atoms with Crippen LogP contribution in [0.2, 0.25) is 0 Å². The number of nitro groups is 2. The van der Waals surface area contributed by atoms with E-state index in [1.807, 2.05) is 76.2 Å². The molecular formula is C60H65ClN12O12S6. The maximum Gasteiger partial charge on any atom is 0.417 e. The average Bonchev–Trinajstić information content (AvgIpc) is 1.82. The van der Waals surface area contributed by atoms with E-state index in [9.17, 15) is 46.7 Å². The molecule has 0 unspecified atom stereocenters. The van der Waals surface area contributed by atoms with Gasteiger partial charge in [0.2, 0.25) is 20.0 Å². The van der Waals surface area contributed by atoms with E-state index in [-0.39, 0.29) is 50.4 Å². The van der Waals surface area contributed by atoms with Crippen LogP contribution in [0.3, 0.4) is 0 Å². The van der Waals surface area contributed by atoms with Gasteiger partial charge in [0.05, 0.1) is 29.4 Å². The normalized spacial score (nSPS) is 11.4. The fourth-order valence-electron chi connectivity index (χ4n) is 7.84. The van der Waals surface area contributed by atoms with E-state index in [2.05, 4.69) is 50.7 Å². The Kier molecular flexibility index (Phi) is 24.3. The summed E-state index contributed by atoms with van der Waals surface area (Å²) >= 11 is 18.2. The molecule has 2 aromatic heterocycles. The molecule has 2 heterocycles. The van der Waals surface area contributed by atoms with Gasteiger partial charge in [0.15, 0.2) is 10.2 Å². The standard InChI is InChI=1S/C30H32N6O6S3.C23H29N5O2S3.C7H4ClNO4/c1-18(2)32-28(43)33-20-8-6-19(7-9-20)27-31-17-25(44-27)24-15-10-21(16-26(24)45(40,41)35-30(3,4)5)34-29(37)42-23-13-11-22(12-14-23)36(38)39;1-14(2)26-22(31)27-17-9-6-15(7-10-17)21-25-13-19(32-21)18-11-8-16(24)12-20(18)33(29,30)28-23(3,4)5;8-7(10)13-6-3-1-5(2-4-6)9(11)12/h6-18,35H,1-5H3,(H,34,37)(H2,32,33,43);6-14,28H,24H2,1-5H3,(H2,26,27,31);1-4H. The van der Waals surface area contributed by atoms with E-state index in [1.165, 1.54) is 83.3 Å². The van der Waals surface area contributed by atoms with E-state index in [1.54, 1.807) is 78.2 Å². The molecule has 91 heavy (non-hydrogen) atoms. The van der Waals surface area contributed by atoms with Crippen molar-refractivity contribution in [3.63, 3.8) is 0 Å². The van der Waals surface area contributed by atoms with Crippen LogP contribution in [0.5, 0.6) is 11.5 Å². The van der Waals surface area contributed by atoms with Gasteiger partial charge in [0, 0.05) is 116 Å². The SMILES string of the molecule is CC(C)NC(=S)Nc1ccc(-c2ncc(-c3ccc(N)cc3S(=O)(=O)NC(C)(C)C)s2)cc1.CC(C)NC(=S)Nc1ccc(-c2ncc(-c3ccc(NC(=O)Oc4ccc([N+](=O)[O-])cc4)cc3S(=O)(=O)NC(C)(C)C)s2)cc1.O=C(Cl)Oc1ccc([N+](=O)[O-])cc1. The Morgan fingerprint density at radius 2 is 0.934 bits per heavy atom. The van der Waals surface area contributed by atoms with Crippen LogP contribution in [0.25, 0.3) is 42.0 Å². The summed E-state index contributed by atoms with van der Waals surface area (Å²) < 4.78 is 68.3. The Balaban J connectivity index is 0.000000249. The first kappa shape index (κ1) is 71.5. The summed E-state index contributed by atoms with van der Waals surface area (Å²) in [5.41, 5.74) is 8.25. The van der Waals surface area contributed by atoms with Gasteiger partial charge in [-0.3, -0.25) is 25.5 Å². The van der Waals surface area contributed by atoms with Crippen LogP contribution in [0, 0.1) is 20.2 Å². The molecule has 8 rings (SSSR count). The Hall–Kier alpha value is -8.59. The number of non-ortho nitro benzene ring substituents is 2. The highest BCUT2D eigenvalue weighted by molar-refractivity contribution is 7.90. The lowest BCUT2D eigenvalue weighted by atomic mass is 10.1. The van der Waals surface area contributed by atoms with Crippen molar-refractivity contribution in [2.24, 2.45) is 0 Å². The monoisotopic (exact) mass is 1370 g/mol. The molecular weight excluding hydrogens is 1310 g/mol. The lowest BCUT2D eigenvalue weighted by molar-refractivity contribution is -0.385. The summed E-state index contributed by atoms with van der Waals surface area (Å²) in [6.07, 6.45) is 2.40. The van der Waals surface area contributed by atoms with E-state index in [0.717, 1.165) is 32.4 Å². The van der Waals surface area contributed by atoms with Crippen LogP contribution >= 0.6 is 58.7 Å². The van der Waals surface area contributed by atoms with Crippen LogP contribution < -0.4 is 51.2 Å². The molecule has 0 spiro atoms. The third kappa shape index (κ3) is 22.4. The second-order valence-electron chi connectivity index (χ2n) is 22.3. The minimum absolute atomic E-state index is 0.0635. The molecule has 480 valence electrons. The average molecular weight is 1370 g/mol. The van der Waals surface area contributed by atoms with Gasteiger partial charge < -0.3 is 36.5 Å². The van der Waals surface area contributed by atoms with Gasteiger partial charge in [-0.2, -0.15) is 0 Å². The van der Waals surface area contributed by atoms with Crippen LogP contribution in [-0.2, 0) is 20.0 Å². The molecule has 0 aliphatic heterocycles. The van der Waals surface area contributed by atoms with Crippen molar-refractivity contribution in [3.05, 3.63) is 166 Å². The number of hydrogen-bond acceptors (Lipinski definition) is 19. The number of hydrogen-bond donors (Lipinski definition) is 8. The van der Waals surface area contributed by atoms with Gasteiger partial charge in [-0.25, -0.2) is 45.8 Å². The third-order valence-corrected chi connectivity index (χ3v) is 17.6. The Bertz CT molecular complexity index is 4160. The van der Waals surface area contributed by atoms with Gasteiger partial charge in [-0.1, -0.05) is 12.1 Å². The molecule has 0 bridgehead atoms. The van der Waals surface area contributed by atoms with Gasteiger partial charge in [-0.15, -0.1) is 22.7 Å². The summed E-state index contributed by atoms with van der Waals surface area (Å²) in [5.74, 6) is 0.249. The van der Waals surface area contributed by atoms with Crippen LogP contribution in [0.1, 0.15) is 69.2 Å². The zero-order chi connectivity index (χ0) is 67.2. The maximum atomic E-state index is 13.6. The van der Waals surface area contributed by atoms with Gasteiger partial charge >= 0.3 is 11.5 Å². The first-order valence-electron chi connectivity index (χ1n) is 27.3. The third-order valence-electron chi connectivity index (χ3n) is 11.4. The smallest absolute Gasteiger partial charge is 0.414 e. The molecule has 0 saturated heterocycles. The predicted octanol–water partition coefficient (Wildman–Crippen LogP) is 13.9. The van der Waals surface area contributed by atoms with Crippen LogP contribution in [0.15, 0.2) is 156 Å². The number of amides is 1. The minimum Gasteiger partial charge on any atom is -0.414 e. The van der Waals surface area contributed by atoms with E-state index in [4.69, 9.17) is 46.5 Å². The summed E-state index contributed by atoms with van der Waals surface area (Å²) in [4.78, 5) is 53.3. The number of rotatable bonds is 17. The lowest BCUT2D eigenvalue weighted by Gasteiger charge is -2.22. The molecule has 24 nitrogen and oxygen atoms in total. The van der Waals surface area contributed by atoms with Crippen LogP contribution in [-0.4, -0.2) is 81.6 Å². The molecule has 0 aliphatic carbocycles. The molecule has 8 aromatic rings. The number of thiocarbonyl (C=S) groups is 2. The molecule has 1 amide bonds. The molecule has 0 radical (unpaired) electrons. The van der Waals surface area contributed by atoms with Crippen molar-refractivity contribution in [2.75, 3.05) is 21.7 Å². The van der Waals surface area contributed by atoms with Crippen molar-refractivity contribution in [3.8, 4) is 53.5 Å². The quantitative estimate of drug-likeness (QED) is 0.0138. The molecule has 31 heteroatoms. The summed E-state index contributed by atoms with van der Waals surface area (Å²) in [5, 5.41) is 38.7. The molecule has 9 N–H and O–H groups in total. The molecule has 0 atom stereocenters. The van der Waals surface area contributed by atoms with Crippen molar-refractivity contribution < 1.29 is 45.7 Å². The number of carbonyl (C=O) groups excluding carboxylic acids is 2. The second kappa shape index (κ2) is 31.0. The second-order valence-corrected chi connectivity index (χ2v) is 28.7. The Morgan fingerprint density at radius 1 is 0.560 bits per heavy atom. The first-order chi connectivity index (χ1) is 42.5. The summed E-state index contributed by atoms with van der Waals surface area (Å²) in [6.45, 7) is 18.6. The largest absolute Gasteiger partial charge is 0.417 e. The van der Waals surface area contributed by atoms with E-state index >= 15 is 0 Å². The number of carbonyl (C=O) groups is 2. The Labute approximate surface area is 550 Å². The first-order valence-corrected chi connectivity index (χ1v) is 33.1. The fraction of sp³-hybridized carbons (Fsp3) is 0.233. The summed E-state index contributed by atoms with van der Waals surface area (Å²) in [6, 6.07) is 35.1. The number of nitro benzene ring substituents is 2. The van der Waals surface area contributed by atoms with Crippen molar-refractivity contribution >= 4 is 135 Å². The van der Waals surface area contributed by atoms with Crippen molar-refractivity contribution in [1.29, 1.82) is 0 Å². The molecule has 0 saturated carbocycles. The highest BCUT2D eigenvalue weighted by Crippen LogP contribution is 2.39. The highest BCUT2D eigenvalue weighted by atomic mass is 35.5. The number of benzene rings is 6. The lowest BCUT2D eigenvalue weighted by Crippen LogP contribution is -2.40. The van der Waals surface area contributed by atoms with Gasteiger partial charge in [0.25, 0.3) is 11.4 Å². The zero-order valence-corrected chi connectivity index (χ0v) is 56.3. The molecule has 0 aliphatic rings. The topological polar surface area (TPSA) is 343 Å². The number of nitrogens with zero attached hydrogens (tertiary/aromatic N) is 4. The highest BCUT2D eigenvalue weighted by Gasteiger charge is 2.29. The number of sulfonamides is 2. The zero-order valence-electron chi connectivity index (χ0n) is 50.6. The van der Waals surface area contributed by atoms with Gasteiger partial charge in [-0.05, 0) is 191 Å². The van der Waals surface area contributed by atoms with Crippen molar-refractivity contribution in [1.82, 2.24) is 30.0 Å². The van der Waals surface area contributed by atoms with E-state index in [0.29, 0.717) is 36.9 Å². The number of aromatic nitrogens is 2. The minimum atomic E-state index is -4.06. The van der Waals surface area contributed by atoms with Crippen molar-refractivity contribution in [2.45, 2.75) is 102 Å². The maximum absolute atomic E-state index is 13.6. The predicted molar refractivity (Wildman–Crippen MR) is 367 cm³/mol. The number of ether oxygens (including phenoxy) is 2. The number of nitrogens with one attached hydrogen (secondary N) is 7. The number of thiazole rings is 2. The molecule has 6 aromatic carbocycles. The van der Waals surface area contributed by atoms with E-state index < -0.39 is 52.5 Å². The number of nitrogens with two attached hydrogens (primary N) is 1. The Morgan fingerprint density at radius 3 is 1.31 bits per heavy atom. The number of anilines is 4. The summed E-state index contributed by atoms with van der Waals surface area (Å²) in [7, 11) is -7.84. The van der Waals surface area contributed by atoms with Crippen LogP contribution in [0.4, 0.5) is 43.7 Å².